The molecule has 5 heteroatoms. The topological polar surface area (TPSA) is 55.0 Å². The van der Waals surface area contributed by atoms with Gasteiger partial charge in [-0.05, 0) is 12.8 Å². The largest absolute Gasteiger partial charge is 0.329 e. The van der Waals surface area contributed by atoms with Crippen LogP contribution in [0.4, 0.5) is 0 Å². The monoisotopic (exact) mass is 212 g/mol. The van der Waals surface area contributed by atoms with Gasteiger partial charge in [0.1, 0.15) is 10.0 Å². The van der Waals surface area contributed by atoms with Gasteiger partial charge in [0.15, 0.2) is 0 Å². The second-order valence-electron chi connectivity index (χ2n) is 3.59. The molecule has 0 spiro atoms. The number of nitrogens with two attached hydrogens (primary N) is 1. The third kappa shape index (κ3) is 1.94. The average molecular weight is 212 g/mol. The molecule has 1 aliphatic rings. The highest BCUT2D eigenvalue weighted by Crippen LogP contribution is 2.21. The van der Waals surface area contributed by atoms with E-state index in [1.54, 1.807) is 11.3 Å². The summed E-state index contributed by atoms with van der Waals surface area (Å²) in [5.74, 6) is 0. The number of nitrogens with zero attached hydrogens (tertiary/aromatic N) is 3. The predicted molar refractivity (Wildman–Crippen MR) is 57.2 cm³/mol. The Kier molecular flexibility index (Phi) is 3.10. The van der Waals surface area contributed by atoms with E-state index in [-0.39, 0.29) is 0 Å². The molecule has 4 nitrogen and oxygen atoms in total. The van der Waals surface area contributed by atoms with E-state index >= 15 is 0 Å². The molecule has 0 saturated carbocycles. The van der Waals surface area contributed by atoms with Crippen LogP contribution in [0.15, 0.2) is 0 Å². The SMILES string of the molecule is CCc1nnc(CN2CCC2CN)s1. The highest BCUT2D eigenvalue weighted by molar-refractivity contribution is 7.11. The van der Waals surface area contributed by atoms with Crippen molar-refractivity contribution in [2.75, 3.05) is 13.1 Å². The van der Waals surface area contributed by atoms with E-state index in [0.717, 1.165) is 36.1 Å². The van der Waals surface area contributed by atoms with Gasteiger partial charge in [-0.3, -0.25) is 4.90 Å². The third-order valence-electron chi connectivity index (χ3n) is 2.69. The Morgan fingerprint density at radius 1 is 1.50 bits per heavy atom. The molecular weight excluding hydrogens is 196 g/mol. The molecule has 1 aliphatic heterocycles. The molecule has 0 bridgehead atoms. The van der Waals surface area contributed by atoms with Crippen molar-refractivity contribution >= 4 is 11.3 Å². The number of hydrogen-bond acceptors (Lipinski definition) is 5. The third-order valence-corrected chi connectivity index (χ3v) is 3.74. The van der Waals surface area contributed by atoms with Crippen molar-refractivity contribution in [3.8, 4) is 0 Å². The Morgan fingerprint density at radius 3 is 2.79 bits per heavy atom. The lowest BCUT2D eigenvalue weighted by Gasteiger charge is -2.39. The van der Waals surface area contributed by atoms with Crippen LogP contribution >= 0.6 is 11.3 Å². The van der Waals surface area contributed by atoms with Gasteiger partial charge in [0.2, 0.25) is 0 Å². The smallest absolute Gasteiger partial charge is 0.131 e. The van der Waals surface area contributed by atoms with Crippen molar-refractivity contribution in [1.29, 1.82) is 0 Å². The lowest BCUT2D eigenvalue weighted by atomic mass is 10.0. The van der Waals surface area contributed by atoms with Gasteiger partial charge >= 0.3 is 0 Å². The number of hydrogen-bond donors (Lipinski definition) is 1. The first-order valence-electron chi connectivity index (χ1n) is 5.09. The van der Waals surface area contributed by atoms with Crippen LogP contribution in [0, 0.1) is 0 Å². The molecule has 0 aromatic carbocycles. The Morgan fingerprint density at radius 2 is 2.29 bits per heavy atom. The van der Waals surface area contributed by atoms with Crippen LogP contribution < -0.4 is 5.73 Å². The summed E-state index contributed by atoms with van der Waals surface area (Å²) in [6.45, 7) is 4.96. The van der Waals surface area contributed by atoms with E-state index in [9.17, 15) is 0 Å². The lowest BCUT2D eigenvalue weighted by Crippen LogP contribution is -2.50. The van der Waals surface area contributed by atoms with E-state index in [4.69, 9.17) is 5.73 Å². The minimum absolute atomic E-state index is 0.573. The fraction of sp³-hybridized carbons (Fsp3) is 0.778. The highest BCUT2D eigenvalue weighted by atomic mass is 32.1. The zero-order valence-corrected chi connectivity index (χ0v) is 9.26. The summed E-state index contributed by atoms with van der Waals surface area (Å²) in [5, 5.41) is 10.5. The van der Waals surface area contributed by atoms with Crippen LogP contribution in [0.1, 0.15) is 23.4 Å². The first-order chi connectivity index (χ1) is 6.83. The predicted octanol–water partition coefficient (Wildman–Crippen LogP) is 0.633. The van der Waals surface area contributed by atoms with Gasteiger partial charge in [0.05, 0.1) is 6.54 Å². The molecule has 0 radical (unpaired) electrons. The first-order valence-corrected chi connectivity index (χ1v) is 5.90. The Hall–Kier alpha value is -0.520. The summed E-state index contributed by atoms with van der Waals surface area (Å²) in [6.07, 6.45) is 2.22. The number of likely N-dealkylation sites (tertiary alicyclic amines) is 1. The fourth-order valence-corrected chi connectivity index (χ4v) is 2.45. The molecule has 1 aromatic heterocycles. The maximum absolute atomic E-state index is 5.63. The molecular formula is C9H16N4S. The molecule has 1 atom stereocenters. The highest BCUT2D eigenvalue weighted by Gasteiger charge is 2.27. The normalized spacial score (nSPS) is 22.3. The maximum Gasteiger partial charge on any atom is 0.131 e. The summed E-state index contributed by atoms with van der Waals surface area (Å²) in [6, 6.07) is 0.573. The Labute approximate surface area is 88.1 Å². The molecule has 78 valence electrons. The van der Waals surface area contributed by atoms with E-state index in [1.165, 1.54) is 6.42 Å². The van der Waals surface area contributed by atoms with Gasteiger partial charge in [-0.25, -0.2) is 0 Å². The standard InChI is InChI=1S/C9H16N4S/c1-2-8-11-12-9(14-8)6-13-4-3-7(13)5-10/h7H,2-6,10H2,1H3. The van der Waals surface area contributed by atoms with Crippen LogP contribution in [-0.2, 0) is 13.0 Å². The number of aryl methyl sites for hydroxylation is 1. The fourth-order valence-electron chi connectivity index (χ4n) is 1.64. The second-order valence-corrected chi connectivity index (χ2v) is 4.74. The lowest BCUT2D eigenvalue weighted by molar-refractivity contribution is 0.0879. The van der Waals surface area contributed by atoms with Crippen LogP contribution in [0.2, 0.25) is 0 Å². The minimum atomic E-state index is 0.573. The van der Waals surface area contributed by atoms with Gasteiger partial charge in [0.25, 0.3) is 0 Å². The van der Waals surface area contributed by atoms with Gasteiger partial charge in [-0.15, -0.1) is 21.5 Å². The Bertz CT molecular complexity index is 297. The van der Waals surface area contributed by atoms with Gasteiger partial charge in [-0.1, -0.05) is 6.92 Å². The van der Waals surface area contributed by atoms with Crippen LogP contribution in [0.25, 0.3) is 0 Å². The Balaban J connectivity index is 1.90. The zero-order chi connectivity index (χ0) is 9.97. The molecule has 1 saturated heterocycles. The molecule has 2 heterocycles. The molecule has 1 aromatic rings. The molecule has 2 rings (SSSR count). The zero-order valence-electron chi connectivity index (χ0n) is 8.44. The summed E-state index contributed by atoms with van der Waals surface area (Å²) >= 11 is 1.72. The van der Waals surface area contributed by atoms with Crippen LogP contribution in [0.5, 0.6) is 0 Å². The number of rotatable bonds is 4. The van der Waals surface area contributed by atoms with E-state index in [2.05, 4.69) is 22.0 Å². The van der Waals surface area contributed by atoms with E-state index in [1.807, 2.05) is 0 Å². The van der Waals surface area contributed by atoms with Crippen molar-refractivity contribution in [3.63, 3.8) is 0 Å². The first kappa shape index (κ1) is 10.0. The maximum atomic E-state index is 5.63. The van der Waals surface area contributed by atoms with E-state index < -0.39 is 0 Å². The van der Waals surface area contributed by atoms with Gasteiger partial charge in [0, 0.05) is 19.1 Å². The second kappa shape index (κ2) is 4.33. The molecule has 2 N–H and O–H groups in total. The quantitative estimate of drug-likeness (QED) is 0.795. The van der Waals surface area contributed by atoms with Crippen molar-refractivity contribution in [3.05, 3.63) is 10.0 Å². The molecule has 1 unspecified atom stereocenters. The van der Waals surface area contributed by atoms with Crippen LogP contribution in [0.3, 0.4) is 0 Å². The summed E-state index contributed by atoms with van der Waals surface area (Å²) in [5.41, 5.74) is 5.63. The minimum Gasteiger partial charge on any atom is -0.329 e. The van der Waals surface area contributed by atoms with Gasteiger partial charge in [-0.2, -0.15) is 0 Å². The summed E-state index contributed by atoms with van der Waals surface area (Å²) in [7, 11) is 0. The van der Waals surface area contributed by atoms with Crippen molar-refractivity contribution in [2.45, 2.75) is 32.4 Å². The molecule has 14 heavy (non-hydrogen) atoms. The number of aromatic nitrogens is 2. The molecule has 0 aliphatic carbocycles. The van der Waals surface area contributed by atoms with Gasteiger partial charge < -0.3 is 5.73 Å². The van der Waals surface area contributed by atoms with Crippen molar-refractivity contribution in [1.82, 2.24) is 15.1 Å². The van der Waals surface area contributed by atoms with E-state index in [0.29, 0.717) is 6.04 Å². The molecule has 1 fully saturated rings. The molecule has 0 amide bonds. The van der Waals surface area contributed by atoms with Crippen molar-refractivity contribution in [2.24, 2.45) is 5.73 Å². The summed E-state index contributed by atoms with van der Waals surface area (Å²) in [4.78, 5) is 2.37. The van der Waals surface area contributed by atoms with Crippen LogP contribution in [-0.4, -0.2) is 34.2 Å². The summed E-state index contributed by atoms with van der Waals surface area (Å²) < 4.78 is 0. The van der Waals surface area contributed by atoms with Crippen molar-refractivity contribution < 1.29 is 0 Å². The average Bonchev–Trinajstić information content (AvgIpc) is 2.61.